The molecule has 1 amide bonds. The van der Waals surface area contributed by atoms with E-state index in [9.17, 15) is 17.6 Å². The van der Waals surface area contributed by atoms with Gasteiger partial charge in [-0.05, 0) is 49.2 Å². The van der Waals surface area contributed by atoms with Crippen LogP contribution in [0.15, 0.2) is 47.4 Å². The van der Waals surface area contributed by atoms with E-state index >= 15 is 0 Å². The molecular weight excluding hydrogens is 447 g/mol. The lowest BCUT2D eigenvalue weighted by atomic mass is 9.93. The lowest BCUT2D eigenvalue weighted by Gasteiger charge is -2.39. The van der Waals surface area contributed by atoms with Gasteiger partial charge in [0.25, 0.3) is 5.91 Å². The van der Waals surface area contributed by atoms with Gasteiger partial charge in [0.1, 0.15) is 5.82 Å². The molecule has 0 radical (unpaired) electrons. The van der Waals surface area contributed by atoms with Gasteiger partial charge in [0.05, 0.1) is 22.1 Å². The number of rotatable bonds is 7. The molecule has 0 bridgehead atoms. The zero-order chi connectivity index (χ0) is 22.6. The zero-order valence-corrected chi connectivity index (χ0v) is 18.8. The molecule has 0 saturated carbocycles. The molecule has 0 aliphatic carbocycles. The first-order valence-corrected chi connectivity index (χ1v) is 11.4. The van der Waals surface area contributed by atoms with E-state index in [4.69, 9.17) is 21.1 Å². The summed E-state index contributed by atoms with van der Waals surface area (Å²) in [6.07, 6.45) is 1.00. The summed E-state index contributed by atoms with van der Waals surface area (Å²) < 4.78 is 51.7. The van der Waals surface area contributed by atoms with E-state index in [-0.39, 0.29) is 28.6 Å². The van der Waals surface area contributed by atoms with Gasteiger partial charge in [-0.3, -0.25) is 4.79 Å². The van der Waals surface area contributed by atoms with Crippen molar-refractivity contribution in [3.63, 3.8) is 0 Å². The second kappa shape index (κ2) is 9.62. The van der Waals surface area contributed by atoms with Crippen LogP contribution in [0.2, 0.25) is 5.02 Å². The Morgan fingerprint density at radius 2 is 1.90 bits per heavy atom. The van der Waals surface area contributed by atoms with E-state index in [0.717, 1.165) is 6.07 Å². The van der Waals surface area contributed by atoms with Crippen LogP contribution >= 0.6 is 11.6 Å². The first kappa shape index (κ1) is 23.6. The van der Waals surface area contributed by atoms with Gasteiger partial charge in [0, 0.05) is 38.6 Å². The number of carbonyl (C=O) groups excluding carboxylic acids is 1. The molecule has 3 rings (SSSR count). The van der Waals surface area contributed by atoms with Crippen molar-refractivity contribution >= 4 is 33.2 Å². The van der Waals surface area contributed by atoms with Crippen LogP contribution in [0.5, 0.6) is 0 Å². The van der Waals surface area contributed by atoms with E-state index < -0.39 is 27.3 Å². The quantitative estimate of drug-likeness (QED) is 0.669. The number of piperidine rings is 1. The maximum atomic E-state index is 13.3. The number of hydrogen-bond donors (Lipinski definition) is 1. The summed E-state index contributed by atoms with van der Waals surface area (Å²) in [5, 5.41) is 2.46. The van der Waals surface area contributed by atoms with Gasteiger partial charge in [0.2, 0.25) is 10.0 Å². The van der Waals surface area contributed by atoms with Crippen LogP contribution in [0.1, 0.15) is 23.2 Å². The lowest BCUT2D eigenvalue weighted by Crippen LogP contribution is -2.49. The number of nitrogens with zero attached hydrogens (tertiary/aromatic N) is 1. The molecule has 2 aromatic rings. The van der Waals surface area contributed by atoms with E-state index in [1.165, 1.54) is 40.7 Å². The summed E-state index contributed by atoms with van der Waals surface area (Å²) in [7, 11) is -0.610. The molecule has 1 N–H and O–H groups in total. The number of hydrogen-bond acceptors (Lipinski definition) is 5. The van der Waals surface area contributed by atoms with Crippen molar-refractivity contribution < 1.29 is 27.1 Å². The Labute approximate surface area is 186 Å². The Morgan fingerprint density at radius 3 is 2.52 bits per heavy atom. The normalized spacial score (nSPS) is 16.8. The predicted octanol–water partition coefficient (Wildman–Crippen LogP) is 3.55. The number of benzene rings is 2. The third-order valence-electron chi connectivity index (χ3n) is 5.39. The van der Waals surface area contributed by atoms with Gasteiger partial charge in [0.15, 0.2) is 0 Å². The van der Waals surface area contributed by atoms with Crippen molar-refractivity contribution in [1.82, 2.24) is 4.31 Å². The number of halogens is 2. The highest BCUT2D eigenvalue weighted by Crippen LogP contribution is 2.30. The fourth-order valence-electron chi connectivity index (χ4n) is 3.53. The van der Waals surface area contributed by atoms with Gasteiger partial charge >= 0.3 is 0 Å². The molecule has 31 heavy (non-hydrogen) atoms. The van der Waals surface area contributed by atoms with Crippen LogP contribution in [-0.4, -0.2) is 58.1 Å². The molecule has 168 valence electrons. The van der Waals surface area contributed by atoms with Gasteiger partial charge in [-0.1, -0.05) is 17.7 Å². The van der Waals surface area contributed by atoms with Crippen molar-refractivity contribution in [3.8, 4) is 0 Å². The number of carbonyl (C=O) groups is 1. The first-order chi connectivity index (χ1) is 14.7. The average Bonchev–Trinajstić information content (AvgIpc) is 2.77. The van der Waals surface area contributed by atoms with Crippen LogP contribution in [0.3, 0.4) is 0 Å². The van der Waals surface area contributed by atoms with Crippen LogP contribution in [-0.2, 0) is 19.5 Å². The Morgan fingerprint density at radius 1 is 1.19 bits per heavy atom. The first-order valence-electron chi connectivity index (χ1n) is 9.61. The molecule has 0 atom stereocenters. The van der Waals surface area contributed by atoms with Gasteiger partial charge in [-0.25, -0.2) is 12.8 Å². The third-order valence-corrected chi connectivity index (χ3v) is 7.57. The minimum atomic E-state index is -3.79. The maximum Gasteiger partial charge on any atom is 0.255 e. The number of nitrogens with one attached hydrogen (secondary N) is 1. The molecular formula is C21H24ClFN2O5S. The Kier molecular flexibility index (Phi) is 7.33. The zero-order valence-electron chi connectivity index (χ0n) is 17.2. The molecule has 1 aliphatic rings. The number of methoxy groups -OCH3 is 2. The minimum absolute atomic E-state index is 0.0222. The largest absolute Gasteiger partial charge is 0.382 e. The number of sulfonamides is 1. The smallest absolute Gasteiger partial charge is 0.255 e. The van der Waals surface area contributed by atoms with E-state index in [0.29, 0.717) is 25.1 Å². The summed E-state index contributed by atoms with van der Waals surface area (Å²) in [5.41, 5.74) is -0.0437. The molecule has 0 aromatic heterocycles. The maximum absolute atomic E-state index is 13.3. The molecule has 0 spiro atoms. The fraction of sp³-hybridized carbons (Fsp3) is 0.381. The monoisotopic (exact) mass is 470 g/mol. The molecule has 1 heterocycles. The second-order valence-electron chi connectivity index (χ2n) is 7.34. The van der Waals surface area contributed by atoms with Crippen LogP contribution < -0.4 is 5.32 Å². The summed E-state index contributed by atoms with van der Waals surface area (Å²) in [6.45, 7) is 0.953. The topological polar surface area (TPSA) is 84.9 Å². The molecule has 2 aromatic carbocycles. The van der Waals surface area contributed by atoms with Gasteiger partial charge in [-0.15, -0.1) is 0 Å². The van der Waals surface area contributed by atoms with Crippen molar-refractivity contribution in [1.29, 1.82) is 0 Å². The Hall–Kier alpha value is -2.04. The molecule has 0 unspecified atom stereocenters. The Balaban J connectivity index is 1.75. The van der Waals surface area contributed by atoms with Crippen molar-refractivity contribution in [2.75, 3.05) is 39.2 Å². The van der Waals surface area contributed by atoms with Crippen LogP contribution in [0.4, 0.5) is 10.1 Å². The second-order valence-corrected chi connectivity index (χ2v) is 9.68. The SMILES string of the molecule is COCC1(OC)CCN(S(=O)(=O)c2cccc(C(=O)Nc3ccc(F)c(Cl)c3)c2)CC1. The summed E-state index contributed by atoms with van der Waals surface area (Å²) >= 11 is 5.74. The predicted molar refractivity (Wildman–Crippen MR) is 115 cm³/mol. The van der Waals surface area contributed by atoms with Crippen molar-refractivity contribution in [2.24, 2.45) is 0 Å². The summed E-state index contributed by atoms with van der Waals surface area (Å²) in [5.74, 6) is -1.13. The average molecular weight is 471 g/mol. The van der Waals surface area contributed by atoms with Crippen molar-refractivity contribution in [2.45, 2.75) is 23.3 Å². The number of anilines is 1. The van der Waals surface area contributed by atoms with E-state index in [1.54, 1.807) is 14.2 Å². The molecule has 1 saturated heterocycles. The molecule has 1 fully saturated rings. The standard InChI is InChI=1S/C21H24ClFN2O5S/c1-29-14-21(30-2)8-10-25(11-9-21)31(27,28)17-5-3-4-15(12-17)20(26)24-16-6-7-19(23)18(22)13-16/h3-7,12-13H,8-11,14H2,1-2H3,(H,24,26). The summed E-state index contributed by atoms with van der Waals surface area (Å²) in [4.78, 5) is 12.6. The number of ether oxygens (including phenoxy) is 2. The number of amides is 1. The van der Waals surface area contributed by atoms with E-state index in [1.807, 2.05) is 0 Å². The highest BCUT2D eigenvalue weighted by atomic mass is 35.5. The Bertz CT molecular complexity index is 1060. The van der Waals surface area contributed by atoms with Gasteiger partial charge < -0.3 is 14.8 Å². The minimum Gasteiger partial charge on any atom is -0.382 e. The van der Waals surface area contributed by atoms with E-state index in [2.05, 4.69) is 5.32 Å². The fourth-order valence-corrected chi connectivity index (χ4v) is 5.20. The van der Waals surface area contributed by atoms with Gasteiger partial charge in [-0.2, -0.15) is 4.31 Å². The van der Waals surface area contributed by atoms with Crippen LogP contribution in [0.25, 0.3) is 0 Å². The van der Waals surface area contributed by atoms with Crippen LogP contribution in [0, 0.1) is 5.82 Å². The highest BCUT2D eigenvalue weighted by molar-refractivity contribution is 7.89. The highest BCUT2D eigenvalue weighted by Gasteiger charge is 2.38. The molecule has 10 heteroatoms. The third kappa shape index (κ3) is 5.24. The molecule has 7 nitrogen and oxygen atoms in total. The lowest BCUT2D eigenvalue weighted by molar-refractivity contribution is -0.0899. The van der Waals surface area contributed by atoms with Crippen molar-refractivity contribution in [3.05, 3.63) is 58.9 Å². The molecule has 1 aliphatic heterocycles. The summed E-state index contributed by atoms with van der Waals surface area (Å²) in [6, 6.07) is 9.58.